The van der Waals surface area contributed by atoms with Gasteiger partial charge in [-0.2, -0.15) is 5.10 Å². The van der Waals surface area contributed by atoms with Crippen LogP contribution in [0.5, 0.6) is 0 Å². The molecule has 0 saturated heterocycles. The Labute approximate surface area is 152 Å². The number of aromatic nitrogens is 2. The minimum absolute atomic E-state index is 0.178. The fourth-order valence-electron chi connectivity index (χ4n) is 2.64. The van der Waals surface area contributed by atoms with Crippen LogP contribution in [0.1, 0.15) is 42.5 Å². The second-order valence-corrected chi connectivity index (χ2v) is 7.20. The molecule has 1 atom stereocenters. The van der Waals surface area contributed by atoms with Gasteiger partial charge in [0, 0.05) is 6.42 Å². The number of amides is 2. The number of benzene rings is 1. The van der Waals surface area contributed by atoms with Gasteiger partial charge in [0.1, 0.15) is 11.7 Å². The molecular weight excluding hydrogens is 332 g/mol. The number of hydrogen-bond acceptors (Lipinski definition) is 4. The Bertz CT molecular complexity index is 819. The molecule has 0 spiro atoms. The third kappa shape index (κ3) is 4.56. The Hall–Kier alpha value is -2.96. The van der Waals surface area contributed by atoms with Crippen molar-refractivity contribution in [3.05, 3.63) is 53.3 Å². The van der Waals surface area contributed by atoms with E-state index in [2.05, 4.69) is 10.4 Å². The first-order chi connectivity index (χ1) is 12.1. The smallest absolute Gasteiger partial charge is 0.287 e. The molecule has 1 unspecified atom stereocenters. The fourth-order valence-corrected chi connectivity index (χ4v) is 2.64. The van der Waals surface area contributed by atoms with E-state index in [1.807, 2.05) is 51.1 Å². The first-order valence-electron chi connectivity index (χ1n) is 8.35. The quantitative estimate of drug-likeness (QED) is 0.762. The van der Waals surface area contributed by atoms with Crippen molar-refractivity contribution in [2.75, 3.05) is 0 Å². The first kappa shape index (κ1) is 19.4. The van der Waals surface area contributed by atoms with Gasteiger partial charge in [0.2, 0.25) is 5.78 Å². The maximum Gasteiger partial charge on any atom is 0.287 e. The lowest BCUT2D eigenvalue weighted by Gasteiger charge is -2.23. The van der Waals surface area contributed by atoms with E-state index in [4.69, 9.17) is 5.73 Å². The summed E-state index contributed by atoms with van der Waals surface area (Å²) in [6.07, 6.45) is 0.178. The van der Waals surface area contributed by atoms with Crippen molar-refractivity contribution in [1.29, 1.82) is 0 Å². The molecule has 2 aromatic rings. The normalized spacial score (nSPS) is 12.5. The maximum atomic E-state index is 12.8. The van der Waals surface area contributed by atoms with Crippen LogP contribution in [0.4, 0.5) is 0 Å². The maximum absolute atomic E-state index is 12.8. The van der Waals surface area contributed by atoms with Gasteiger partial charge in [-0.3, -0.25) is 19.1 Å². The third-order valence-electron chi connectivity index (χ3n) is 3.85. The minimum atomic E-state index is -1.08. The number of carbonyl (C=O) groups excluding carboxylic acids is 3. The highest BCUT2D eigenvalue weighted by molar-refractivity contribution is 6.38. The van der Waals surface area contributed by atoms with Gasteiger partial charge in [0.15, 0.2) is 0 Å². The molecule has 0 fully saturated rings. The molecule has 3 N–H and O–H groups in total. The highest BCUT2D eigenvalue weighted by Gasteiger charge is 2.29. The van der Waals surface area contributed by atoms with Gasteiger partial charge in [0.05, 0.1) is 11.2 Å². The Morgan fingerprint density at radius 1 is 1.19 bits per heavy atom. The number of nitrogens with zero attached hydrogens (tertiary/aromatic N) is 2. The average Bonchev–Trinajstić information content (AvgIpc) is 2.96. The van der Waals surface area contributed by atoms with Crippen molar-refractivity contribution in [1.82, 2.24) is 15.1 Å². The SMILES string of the molecule is Cc1cc(C(=O)NC(Cc2ccccc2)C(=O)C(N)=O)n(C(C)(C)C)n1. The topological polar surface area (TPSA) is 107 Å². The molecule has 0 aliphatic rings. The highest BCUT2D eigenvalue weighted by Crippen LogP contribution is 2.17. The van der Waals surface area contributed by atoms with E-state index in [9.17, 15) is 14.4 Å². The molecule has 1 aromatic carbocycles. The third-order valence-corrected chi connectivity index (χ3v) is 3.85. The number of nitrogens with two attached hydrogens (primary N) is 1. The van der Waals surface area contributed by atoms with Crippen LogP contribution in [-0.4, -0.2) is 33.4 Å². The average molecular weight is 356 g/mol. The number of carbonyl (C=O) groups is 3. The Kier molecular flexibility index (Phi) is 5.59. The van der Waals surface area contributed by atoms with Gasteiger partial charge in [-0.15, -0.1) is 0 Å². The van der Waals surface area contributed by atoms with E-state index in [1.54, 1.807) is 17.7 Å². The van der Waals surface area contributed by atoms with E-state index in [1.165, 1.54) is 0 Å². The predicted octanol–water partition coefficient (Wildman–Crippen LogP) is 1.34. The van der Waals surface area contributed by atoms with Crippen LogP contribution in [0.2, 0.25) is 0 Å². The van der Waals surface area contributed by atoms with Gasteiger partial charge < -0.3 is 11.1 Å². The van der Waals surface area contributed by atoms with Crippen molar-refractivity contribution in [3.8, 4) is 0 Å². The number of hydrogen-bond donors (Lipinski definition) is 2. The van der Waals surface area contributed by atoms with Gasteiger partial charge in [-0.25, -0.2) is 0 Å². The van der Waals surface area contributed by atoms with Crippen LogP contribution in [0, 0.1) is 6.92 Å². The van der Waals surface area contributed by atoms with Crippen molar-refractivity contribution in [2.45, 2.75) is 45.7 Å². The zero-order valence-electron chi connectivity index (χ0n) is 15.4. The fraction of sp³-hybridized carbons (Fsp3) is 0.368. The second-order valence-electron chi connectivity index (χ2n) is 7.20. The van der Waals surface area contributed by atoms with Crippen molar-refractivity contribution < 1.29 is 14.4 Å². The monoisotopic (exact) mass is 356 g/mol. The van der Waals surface area contributed by atoms with Crippen LogP contribution in [0.25, 0.3) is 0 Å². The summed E-state index contributed by atoms with van der Waals surface area (Å²) in [6, 6.07) is 9.73. The highest BCUT2D eigenvalue weighted by atomic mass is 16.2. The van der Waals surface area contributed by atoms with E-state index in [0.29, 0.717) is 11.4 Å². The zero-order valence-corrected chi connectivity index (χ0v) is 15.4. The summed E-state index contributed by atoms with van der Waals surface area (Å²) < 4.78 is 1.60. The zero-order chi connectivity index (χ0) is 19.5. The number of ketones is 1. The number of primary amides is 1. The van der Waals surface area contributed by atoms with Gasteiger partial charge in [-0.05, 0) is 39.3 Å². The first-order valence-corrected chi connectivity index (χ1v) is 8.35. The molecule has 0 bridgehead atoms. The number of Topliss-reactive ketones (excluding diaryl/α,β-unsaturated/α-hetero) is 1. The lowest BCUT2D eigenvalue weighted by molar-refractivity contribution is -0.137. The molecule has 7 nitrogen and oxygen atoms in total. The Morgan fingerprint density at radius 2 is 1.81 bits per heavy atom. The molecule has 1 aromatic heterocycles. The molecule has 138 valence electrons. The minimum Gasteiger partial charge on any atom is -0.363 e. The summed E-state index contributed by atoms with van der Waals surface area (Å²) in [5, 5.41) is 6.99. The molecule has 0 saturated carbocycles. The Balaban J connectivity index is 2.29. The lowest BCUT2D eigenvalue weighted by Crippen LogP contribution is -2.48. The predicted molar refractivity (Wildman–Crippen MR) is 97.6 cm³/mol. The van der Waals surface area contributed by atoms with Crippen molar-refractivity contribution >= 4 is 17.6 Å². The van der Waals surface area contributed by atoms with E-state index in [-0.39, 0.29) is 6.42 Å². The Morgan fingerprint density at radius 3 is 2.35 bits per heavy atom. The van der Waals surface area contributed by atoms with Crippen LogP contribution < -0.4 is 11.1 Å². The van der Waals surface area contributed by atoms with Crippen LogP contribution >= 0.6 is 0 Å². The molecular formula is C19H24N4O3. The van der Waals surface area contributed by atoms with Crippen LogP contribution in [-0.2, 0) is 21.5 Å². The summed E-state index contributed by atoms with van der Waals surface area (Å²) >= 11 is 0. The largest absolute Gasteiger partial charge is 0.363 e. The van der Waals surface area contributed by atoms with E-state index in [0.717, 1.165) is 5.56 Å². The summed E-state index contributed by atoms with van der Waals surface area (Å²) in [4.78, 5) is 36.3. The van der Waals surface area contributed by atoms with E-state index >= 15 is 0 Å². The second kappa shape index (κ2) is 7.51. The lowest BCUT2D eigenvalue weighted by atomic mass is 10.0. The standard InChI is InChI=1S/C19H24N4O3/c1-12-10-15(23(22-12)19(2,3)4)18(26)21-14(16(24)17(20)25)11-13-8-6-5-7-9-13/h5-10,14H,11H2,1-4H3,(H2,20,25)(H,21,26). The molecule has 2 amide bonds. The number of aryl methyl sites for hydroxylation is 1. The summed E-state index contributed by atoms with van der Waals surface area (Å²) in [6.45, 7) is 7.56. The summed E-state index contributed by atoms with van der Waals surface area (Å²) in [5.74, 6) is -2.39. The van der Waals surface area contributed by atoms with Crippen LogP contribution in [0.15, 0.2) is 36.4 Å². The van der Waals surface area contributed by atoms with Gasteiger partial charge in [0.25, 0.3) is 11.8 Å². The molecule has 26 heavy (non-hydrogen) atoms. The van der Waals surface area contributed by atoms with Crippen molar-refractivity contribution in [3.63, 3.8) is 0 Å². The van der Waals surface area contributed by atoms with E-state index < -0.39 is 29.2 Å². The molecule has 0 aliphatic carbocycles. The van der Waals surface area contributed by atoms with Gasteiger partial charge in [-0.1, -0.05) is 30.3 Å². The molecule has 2 rings (SSSR count). The van der Waals surface area contributed by atoms with Crippen LogP contribution in [0.3, 0.4) is 0 Å². The molecule has 0 radical (unpaired) electrons. The number of rotatable bonds is 6. The molecule has 7 heteroatoms. The number of nitrogens with one attached hydrogen (secondary N) is 1. The summed E-state index contributed by atoms with van der Waals surface area (Å²) in [5.41, 5.74) is 6.56. The molecule has 0 aliphatic heterocycles. The van der Waals surface area contributed by atoms with Crippen molar-refractivity contribution in [2.24, 2.45) is 5.73 Å². The molecule has 1 heterocycles. The summed E-state index contributed by atoms with van der Waals surface area (Å²) in [7, 11) is 0. The van der Waals surface area contributed by atoms with Gasteiger partial charge >= 0.3 is 0 Å².